The SMILES string of the molecule is NCc1cccc(NC(=O)CCN2CCNC(=O)C2)c1. The number of hydrogen-bond acceptors (Lipinski definition) is 4. The van der Waals surface area contributed by atoms with Crippen LogP contribution < -0.4 is 16.4 Å². The number of nitrogens with two attached hydrogens (primary N) is 1. The first kappa shape index (κ1) is 14.5. The largest absolute Gasteiger partial charge is 0.354 e. The fourth-order valence-corrected chi connectivity index (χ4v) is 2.14. The van der Waals surface area contributed by atoms with Gasteiger partial charge >= 0.3 is 0 Å². The predicted molar refractivity (Wildman–Crippen MR) is 77.0 cm³/mol. The Morgan fingerprint density at radius 1 is 1.45 bits per heavy atom. The van der Waals surface area contributed by atoms with Crippen molar-refractivity contribution in [3.63, 3.8) is 0 Å². The molecule has 6 heteroatoms. The van der Waals surface area contributed by atoms with Gasteiger partial charge in [0.1, 0.15) is 0 Å². The lowest BCUT2D eigenvalue weighted by Gasteiger charge is -2.26. The van der Waals surface area contributed by atoms with Gasteiger partial charge in [0.2, 0.25) is 11.8 Å². The van der Waals surface area contributed by atoms with E-state index in [4.69, 9.17) is 5.73 Å². The van der Waals surface area contributed by atoms with Gasteiger partial charge in [0.05, 0.1) is 6.54 Å². The molecule has 0 bridgehead atoms. The first-order valence-corrected chi connectivity index (χ1v) is 6.75. The van der Waals surface area contributed by atoms with Gasteiger partial charge in [0, 0.05) is 38.3 Å². The average molecular weight is 276 g/mol. The summed E-state index contributed by atoms with van der Waals surface area (Å²) < 4.78 is 0. The topological polar surface area (TPSA) is 87.5 Å². The number of benzene rings is 1. The number of carbonyl (C=O) groups is 2. The van der Waals surface area contributed by atoms with Crippen LogP contribution in [0.5, 0.6) is 0 Å². The first-order valence-electron chi connectivity index (χ1n) is 6.75. The molecule has 1 aromatic carbocycles. The molecule has 4 N–H and O–H groups in total. The normalized spacial score (nSPS) is 15.8. The third-order valence-electron chi connectivity index (χ3n) is 3.22. The number of rotatable bonds is 5. The summed E-state index contributed by atoms with van der Waals surface area (Å²) in [4.78, 5) is 25.1. The molecule has 6 nitrogen and oxygen atoms in total. The zero-order chi connectivity index (χ0) is 14.4. The summed E-state index contributed by atoms with van der Waals surface area (Å²) in [5, 5.41) is 5.60. The summed E-state index contributed by atoms with van der Waals surface area (Å²) >= 11 is 0. The van der Waals surface area contributed by atoms with E-state index >= 15 is 0 Å². The van der Waals surface area contributed by atoms with Crippen LogP contribution in [0.4, 0.5) is 5.69 Å². The average Bonchev–Trinajstić information content (AvgIpc) is 2.45. The van der Waals surface area contributed by atoms with E-state index in [0.29, 0.717) is 32.6 Å². The van der Waals surface area contributed by atoms with Crippen molar-refractivity contribution in [1.29, 1.82) is 0 Å². The molecule has 1 aliphatic heterocycles. The van der Waals surface area contributed by atoms with Crippen LogP contribution in [0.2, 0.25) is 0 Å². The van der Waals surface area contributed by atoms with Crippen molar-refractivity contribution in [3.8, 4) is 0 Å². The van der Waals surface area contributed by atoms with Crippen molar-refractivity contribution in [2.24, 2.45) is 5.73 Å². The number of anilines is 1. The van der Waals surface area contributed by atoms with Gasteiger partial charge in [-0.05, 0) is 17.7 Å². The maximum Gasteiger partial charge on any atom is 0.234 e. The van der Waals surface area contributed by atoms with Crippen molar-refractivity contribution >= 4 is 17.5 Å². The van der Waals surface area contributed by atoms with E-state index in [1.807, 2.05) is 29.2 Å². The molecule has 2 amide bonds. The van der Waals surface area contributed by atoms with Crippen LogP contribution in [0.1, 0.15) is 12.0 Å². The molecule has 0 radical (unpaired) electrons. The molecule has 1 fully saturated rings. The second-order valence-corrected chi connectivity index (χ2v) is 4.83. The Labute approximate surface area is 118 Å². The zero-order valence-corrected chi connectivity index (χ0v) is 11.4. The van der Waals surface area contributed by atoms with Crippen LogP contribution >= 0.6 is 0 Å². The van der Waals surface area contributed by atoms with Crippen LogP contribution in [0.3, 0.4) is 0 Å². The number of nitrogens with zero attached hydrogens (tertiary/aromatic N) is 1. The molecule has 0 saturated carbocycles. The van der Waals surface area contributed by atoms with E-state index in [2.05, 4.69) is 10.6 Å². The molecule has 0 unspecified atom stereocenters. The third-order valence-corrected chi connectivity index (χ3v) is 3.22. The minimum atomic E-state index is -0.0508. The third kappa shape index (κ3) is 4.32. The second kappa shape index (κ2) is 7.02. The van der Waals surface area contributed by atoms with E-state index < -0.39 is 0 Å². The van der Waals surface area contributed by atoms with Crippen molar-refractivity contribution in [2.45, 2.75) is 13.0 Å². The van der Waals surface area contributed by atoms with E-state index in [0.717, 1.165) is 17.8 Å². The molecule has 108 valence electrons. The van der Waals surface area contributed by atoms with Crippen LogP contribution in [0.15, 0.2) is 24.3 Å². The Morgan fingerprint density at radius 2 is 2.30 bits per heavy atom. The fraction of sp³-hybridized carbons (Fsp3) is 0.429. The lowest BCUT2D eigenvalue weighted by Crippen LogP contribution is -2.48. The zero-order valence-electron chi connectivity index (χ0n) is 11.4. The molecule has 0 aliphatic carbocycles. The Hall–Kier alpha value is -1.92. The molecule has 1 aliphatic rings. The van der Waals surface area contributed by atoms with Gasteiger partial charge < -0.3 is 16.4 Å². The highest BCUT2D eigenvalue weighted by atomic mass is 16.2. The van der Waals surface area contributed by atoms with Gasteiger partial charge in [-0.15, -0.1) is 0 Å². The first-order chi connectivity index (χ1) is 9.67. The molecular formula is C14H20N4O2. The van der Waals surface area contributed by atoms with Gasteiger partial charge in [0.25, 0.3) is 0 Å². The van der Waals surface area contributed by atoms with Gasteiger partial charge in [-0.1, -0.05) is 12.1 Å². The fourth-order valence-electron chi connectivity index (χ4n) is 2.14. The molecule has 0 spiro atoms. The van der Waals surface area contributed by atoms with Gasteiger partial charge in [-0.3, -0.25) is 14.5 Å². The summed E-state index contributed by atoms with van der Waals surface area (Å²) in [6.07, 6.45) is 0.375. The summed E-state index contributed by atoms with van der Waals surface area (Å²) in [5.74, 6) is -0.0301. The van der Waals surface area contributed by atoms with Crippen molar-refractivity contribution in [1.82, 2.24) is 10.2 Å². The van der Waals surface area contributed by atoms with Crippen LogP contribution in [-0.4, -0.2) is 42.9 Å². The van der Waals surface area contributed by atoms with Gasteiger partial charge in [-0.25, -0.2) is 0 Å². The number of amides is 2. The molecule has 0 aromatic heterocycles. The quantitative estimate of drug-likeness (QED) is 0.701. The predicted octanol–water partition coefficient (Wildman–Crippen LogP) is -0.0943. The molecule has 20 heavy (non-hydrogen) atoms. The molecule has 0 atom stereocenters. The molecular weight excluding hydrogens is 256 g/mol. The van der Waals surface area contributed by atoms with E-state index in [-0.39, 0.29) is 11.8 Å². The summed E-state index contributed by atoms with van der Waals surface area (Å²) in [6.45, 7) is 2.86. The lowest BCUT2D eigenvalue weighted by molar-refractivity contribution is -0.125. The van der Waals surface area contributed by atoms with Crippen LogP contribution in [0.25, 0.3) is 0 Å². The molecule has 1 saturated heterocycles. The van der Waals surface area contributed by atoms with Crippen LogP contribution in [0, 0.1) is 0 Å². The molecule has 2 rings (SSSR count). The highest BCUT2D eigenvalue weighted by molar-refractivity contribution is 5.91. The van der Waals surface area contributed by atoms with Crippen molar-refractivity contribution in [2.75, 3.05) is 31.5 Å². The number of hydrogen-bond donors (Lipinski definition) is 3. The lowest BCUT2D eigenvalue weighted by atomic mass is 10.2. The van der Waals surface area contributed by atoms with E-state index in [1.54, 1.807) is 0 Å². The molecule has 1 heterocycles. The highest BCUT2D eigenvalue weighted by Gasteiger charge is 2.16. The standard InChI is InChI=1S/C14H20N4O2/c15-9-11-2-1-3-12(8-11)17-13(19)4-6-18-7-5-16-14(20)10-18/h1-3,8H,4-7,9-10,15H2,(H,16,20)(H,17,19). The monoisotopic (exact) mass is 276 g/mol. The van der Waals surface area contributed by atoms with Crippen LogP contribution in [-0.2, 0) is 16.1 Å². The Bertz CT molecular complexity index is 490. The number of piperazine rings is 1. The summed E-state index contributed by atoms with van der Waals surface area (Å²) in [7, 11) is 0. The van der Waals surface area contributed by atoms with Crippen molar-refractivity contribution in [3.05, 3.63) is 29.8 Å². The van der Waals surface area contributed by atoms with E-state index in [1.165, 1.54) is 0 Å². The summed E-state index contributed by atoms with van der Waals surface area (Å²) in [5.41, 5.74) is 7.30. The minimum absolute atomic E-state index is 0.0207. The Kier molecular flexibility index (Phi) is 5.09. The number of carbonyl (C=O) groups excluding carboxylic acids is 2. The molecule has 1 aromatic rings. The Morgan fingerprint density at radius 3 is 3.05 bits per heavy atom. The van der Waals surface area contributed by atoms with Crippen molar-refractivity contribution < 1.29 is 9.59 Å². The Balaban J connectivity index is 1.78. The maximum atomic E-state index is 11.9. The smallest absolute Gasteiger partial charge is 0.234 e. The summed E-state index contributed by atoms with van der Waals surface area (Å²) in [6, 6.07) is 7.49. The maximum absolute atomic E-state index is 11.9. The second-order valence-electron chi connectivity index (χ2n) is 4.83. The highest BCUT2D eigenvalue weighted by Crippen LogP contribution is 2.10. The van der Waals surface area contributed by atoms with Gasteiger partial charge in [0.15, 0.2) is 0 Å². The van der Waals surface area contributed by atoms with E-state index in [9.17, 15) is 9.59 Å². The minimum Gasteiger partial charge on any atom is -0.354 e. The van der Waals surface area contributed by atoms with Gasteiger partial charge in [-0.2, -0.15) is 0 Å². The number of nitrogens with one attached hydrogen (secondary N) is 2.